The molecule has 0 aliphatic heterocycles. The number of aliphatic hydroxyl groups excluding tert-OH is 1. The Kier molecular flexibility index (Phi) is 3.80. The molecule has 0 amide bonds. The maximum absolute atomic E-state index is 11.1. The van der Waals surface area contributed by atoms with Gasteiger partial charge in [-0.05, 0) is 42.0 Å². The third-order valence-corrected chi connectivity index (χ3v) is 6.79. The third-order valence-electron chi connectivity index (χ3n) is 4.78. The molecule has 0 saturated heterocycles. The molecule has 1 N–H and O–H groups in total. The van der Waals surface area contributed by atoms with Crippen molar-refractivity contribution >= 4 is 27.5 Å². The Bertz CT molecular complexity index is 780. The van der Waals surface area contributed by atoms with Crippen molar-refractivity contribution in [2.75, 3.05) is 0 Å². The van der Waals surface area contributed by atoms with Gasteiger partial charge in [-0.1, -0.05) is 19.3 Å². The smallest absolute Gasteiger partial charge is 0.120 e. The summed E-state index contributed by atoms with van der Waals surface area (Å²) in [5, 5.41) is 15.5. The highest BCUT2D eigenvalue weighted by molar-refractivity contribution is 7.21. The molecule has 5 heteroatoms. The Balaban J connectivity index is 1.83. The summed E-state index contributed by atoms with van der Waals surface area (Å²) >= 11 is 3.47. The second kappa shape index (κ2) is 5.80. The number of fused-ring (bicyclic) bond motifs is 1. The first-order valence-electron chi connectivity index (χ1n) is 7.91. The molecular weight excluding hydrogens is 312 g/mol. The van der Waals surface area contributed by atoms with Crippen LogP contribution in [-0.4, -0.2) is 14.5 Å². The molecule has 0 aromatic carbocycles. The first kappa shape index (κ1) is 14.4. The molecule has 3 aromatic heterocycles. The Morgan fingerprint density at radius 3 is 2.82 bits per heavy atom. The standard InChI is InChI=1S/C17H20N2OS2/c1-11-8-21-9-13(11)17-15(19-10-18-7-14(19)22-17)16(20)12-5-3-2-4-6-12/h7-10,12,16,20H,2-6H2,1H3. The van der Waals surface area contributed by atoms with E-state index in [4.69, 9.17) is 0 Å². The zero-order valence-electron chi connectivity index (χ0n) is 12.7. The van der Waals surface area contributed by atoms with Gasteiger partial charge >= 0.3 is 0 Å². The van der Waals surface area contributed by atoms with Crippen LogP contribution in [0.15, 0.2) is 23.3 Å². The molecule has 3 aromatic rings. The lowest BCUT2D eigenvalue weighted by atomic mass is 9.83. The molecule has 1 atom stereocenters. The van der Waals surface area contributed by atoms with Crippen molar-refractivity contribution in [1.29, 1.82) is 0 Å². The van der Waals surface area contributed by atoms with Crippen LogP contribution in [0.5, 0.6) is 0 Å². The summed E-state index contributed by atoms with van der Waals surface area (Å²) in [6.07, 6.45) is 9.41. The molecule has 1 unspecified atom stereocenters. The van der Waals surface area contributed by atoms with Gasteiger partial charge < -0.3 is 5.11 Å². The lowest BCUT2D eigenvalue weighted by molar-refractivity contribution is 0.0811. The van der Waals surface area contributed by atoms with Crippen LogP contribution >= 0.6 is 22.7 Å². The van der Waals surface area contributed by atoms with E-state index in [1.165, 1.54) is 35.3 Å². The second-order valence-corrected chi connectivity index (χ2v) is 8.00. The quantitative estimate of drug-likeness (QED) is 0.729. The van der Waals surface area contributed by atoms with Gasteiger partial charge in [-0.3, -0.25) is 4.40 Å². The van der Waals surface area contributed by atoms with Gasteiger partial charge in [0.1, 0.15) is 11.2 Å². The summed E-state index contributed by atoms with van der Waals surface area (Å²) in [6.45, 7) is 2.15. The minimum Gasteiger partial charge on any atom is -0.387 e. The minimum atomic E-state index is -0.391. The Labute approximate surface area is 138 Å². The van der Waals surface area contributed by atoms with Gasteiger partial charge in [-0.25, -0.2) is 4.98 Å². The summed E-state index contributed by atoms with van der Waals surface area (Å²) in [6, 6.07) is 0. The van der Waals surface area contributed by atoms with Gasteiger partial charge in [-0.2, -0.15) is 11.3 Å². The number of imidazole rings is 1. The van der Waals surface area contributed by atoms with Gasteiger partial charge in [0.25, 0.3) is 0 Å². The van der Waals surface area contributed by atoms with Gasteiger partial charge in [0, 0.05) is 5.56 Å². The molecule has 0 radical (unpaired) electrons. The number of thiophene rings is 1. The summed E-state index contributed by atoms with van der Waals surface area (Å²) in [4.78, 5) is 6.59. The van der Waals surface area contributed by atoms with Crippen LogP contribution in [-0.2, 0) is 0 Å². The van der Waals surface area contributed by atoms with Crippen LogP contribution in [0.3, 0.4) is 0 Å². The molecule has 3 nitrogen and oxygen atoms in total. The van der Waals surface area contributed by atoms with Crippen LogP contribution in [0.4, 0.5) is 0 Å². The van der Waals surface area contributed by atoms with Gasteiger partial charge in [0.15, 0.2) is 0 Å². The SMILES string of the molecule is Cc1cscc1-c1sc2cncn2c1C(O)C1CCCCC1. The Morgan fingerprint density at radius 1 is 1.27 bits per heavy atom. The molecule has 1 aliphatic rings. The minimum absolute atomic E-state index is 0.381. The number of aryl methyl sites for hydroxylation is 1. The summed E-state index contributed by atoms with van der Waals surface area (Å²) in [5.74, 6) is 0.381. The number of hydrogen-bond donors (Lipinski definition) is 1. The highest BCUT2D eigenvalue weighted by Crippen LogP contribution is 2.43. The van der Waals surface area contributed by atoms with Crippen molar-refractivity contribution in [3.8, 4) is 10.4 Å². The number of hydrogen-bond acceptors (Lipinski definition) is 4. The maximum Gasteiger partial charge on any atom is 0.120 e. The van der Waals surface area contributed by atoms with E-state index in [0.717, 1.165) is 23.4 Å². The second-order valence-electron chi connectivity index (χ2n) is 6.23. The molecule has 0 bridgehead atoms. The topological polar surface area (TPSA) is 37.5 Å². The summed E-state index contributed by atoms with van der Waals surface area (Å²) in [5.41, 5.74) is 3.61. The number of thiazole rings is 1. The lowest BCUT2D eigenvalue weighted by Crippen LogP contribution is -2.17. The number of aromatic nitrogens is 2. The normalized spacial score (nSPS) is 18.1. The van der Waals surface area contributed by atoms with Crippen molar-refractivity contribution in [1.82, 2.24) is 9.38 Å². The zero-order chi connectivity index (χ0) is 15.1. The first-order valence-corrected chi connectivity index (χ1v) is 9.67. The molecule has 3 heterocycles. The Morgan fingerprint density at radius 2 is 2.09 bits per heavy atom. The van der Waals surface area contributed by atoms with E-state index in [1.54, 1.807) is 22.7 Å². The van der Waals surface area contributed by atoms with E-state index in [-0.39, 0.29) is 0 Å². The third kappa shape index (κ3) is 2.32. The van der Waals surface area contributed by atoms with E-state index in [2.05, 4.69) is 27.1 Å². The highest BCUT2D eigenvalue weighted by Gasteiger charge is 2.29. The fourth-order valence-electron chi connectivity index (χ4n) is 3.54. The predicted molar refractivity (Wildman–Crippen MR) is 92.7 cm³/mol. The molecular formula is C17H20N2OS2. The average molecular weight is 332 g/mol. The largest absolute Gasteiger partial charge is 0.387 e. The van der Waals surface area contributed by atoms with Crippen LogP contribution in [0.25, 0.3) is 15.3 Å². The van der Waals surface area contributed by atoms with Crippen molar-refractivity contribution in [2.24, 2.45) is 5.92 Å². The van der Waals surface area contributed by atoms with E-state index in [9.17, 15) is 5.11 Å². The van der Waals surface area contributed by atoms with Crippen LogP contribution < -0.4 is 0 Å². The Hall–Kier alpha value is -1.17. The summed E-state index contributed by atoms with van der Waals surface area (Å²) in [7, 11) is 0. The fraction of sp³-hybridized carbons (Fsp3) is 0.471. The van der Waals surface area contributed by atoms with E-state index in [0.29, 0.717) is 5.92 Å². The van der Waals surface area contributed by atoms with Crippen molar-refractivity contribution in [2.45, 2.75) is 45.1 Å². The van der Waals surface area contributed by atoms with E-state index < -0.39 is 6.10 Å². The number of aliphatic hydroxyl groups is 1. The van der Waals surface area contributed by atoms with E-state index in [1.807, 2.05) is 12.5 Å². The van der Waals surface area contributed by atoms with Crippen LogP contribution in [0.1, 0.15) is 49.5 Å². The van der Waals surface area contributed by atoms with Gasteiger partial charge in [0.2, 0.25) is 0 Å². The first-order chi connectivity index (χ1) is 10.8. The molecule has 116 valence electrons. The molecule has 1 aliphatic carbocycles. The van der Waals surface area contributed by atoms with Gasteiger partial charge in [0.05, 0.1) is 22.9 Å². The van der Waals surface area contributed by atoms with Crippen LogP contribution in [0, 0.1) is 12.8 Å². The van der Waals surface area contributed by atoms with Crippen LogP contribution in [0.2, 0.25) is 0 Å². The average Bonchev–Trinajstić information content (AvgIpc) is 3.22. The number of nitrogens with zero attached hydrogens (tertiary/aromatic N) is 2. The van der Waals surface area contributed by atoms with E-state index >= 15 is 0 Å². The maximum atomic E-state index is 11.1. The zero-order valence-corrected chi connectivity index (χ0v) is 14.3. The number of rotatable bonds is 3. The van der Waals surface area contributed by atoms with Crippen molar-refractivity contribution in [3.05, 3.63) is 34.5 Å². The molecule has 1 saturated carbocycles. The predicted octanol–water partition coefficient (Wildman–Crippen LogP) is 5.05. The van der Waals surface area contributed by atoms with Gasteiger partial charge in [-0.15, -0.1) is 11.3 Å². The molecule has 22 heavy (non-hydrogen) atoms. The summed E-state index contributed by atoms with van der Waals surface area (Å²) < 4.78 is 2.09. The molecule has 1 fully saturated rings. The highest BCUT2D eigenvalue weighted by atomic mass is 32.1. The monoisotopic (exact) mass is 332 g/mol. The molecule has 4 rings (SSSR count). The fourth-order valence-corrected chi connectivity index (χ4v) is 5.68. The molecule has 0 spiro atoms. The van der Waals surface area contributed by atoms with Crippen molar-refractivity contribution in [3.63, 3.8) is 0 Å². The van der Waals surface area contributed by atoms with Crippen molar-refractivity contribution < 1.29 is 5.11 Å². The lowest BCUT2D eigenvalue weighted by Gasteiger charge is -2.27.